The number of carbonyl (C=O) groups is 2. The van der Waals surface area contributed by atoms with Gasteiger partial charge in [0.1, 0.15) is 49.6 Å². The van der Waals surface area contributed by atoms with Gasteiger partial charge in [-0.05, 0) is 128 Å². The van der Waals surface area contributed by atoms with Gasteiger partial charge in [-0.15, -0.1) is 0 Å². The van der Waals surface area contributed by atoms with Gasteiger partial charge in [-0.3, -0.25) is 14.4 Å². The summed E-state index contributed by atoms with van der Waals surface area (Å²) in [6, 6.07) is 33.1. The van der Waals surface area contributed by atoms with Crippen molar-refractivity contribution >= 4 is 43.6 Å². The van der Waals surface area contributed by atoms with Gasteiger partial charge in [-0.2, -0.15) is 10.2 Å². The minimum absolute atomic E-state index is 0.198. The van der Waals surface area contributed by atoms with Crippen molar-refractivity contribution in [1.29, 1.82) is 0 Å². The van der Waals surface area contributed by atoms with Crippen molar-refractivity contribution in [2.75, 3.05) is 56.8 Å². The van der Waals surface area contributed by atoms with Crippen molar-refractivity contribution in [1.82, 2.24) is 24.6 Å². The number of nitrogens with zero attached hydrogens (tertiary/aromatic N) is 5. The van der Waals surface area contributed by atoms with E-state index in [-0.39, 0.29) is 17.5 Å². The number of Topliss-reactive ketones (excluding diaryl/α,β-unsaturated/α-hetero) is 1. The molecule has 8 aromatic rings. The second-order valence-corrected chi connectivity index (χ2v) is 15.8. The Morgan fingerprint density at radius 1 is 0.588 bits per heavy atom. The summed E-state index contributed by atoms with van der Waals surface area (Å²) in [7, 11) is 12.4. The summed E-state index contributed by atoms with van der Waals surface area (Å²) in [6.45, 7) is 0. The number of aromatic nitrogens is 4. The molecular formula is C50H49Br2N5O11. The number of ether oxygens (including phenoxy) is 6. The summed E-state index contributed by atoms with van der Waals surface area (Å²) >= 11 is 6.87. The first-order chi connectivity index (χ1) is 33.0. The van der Waals surface area contributed by atoms with Gasteiger partial charge in [0.2, 0.25) is 5.78 Å². The van der Waals surface area contributed by atoms with Gasteiger partial charge in [-0.1, -0.05) is 24.3 Å². The third kappa shape index (κ3) is 11.9. The van der Waals surface area contributed by atoms with E-state index in [1.165, 1.54) is 21.3 Å². The smallest absolute Gasteiger partial charge is 0.279 e. The van der Waals surface area contributed by atoms with Crippen LogP contribution in [0.15, 0.2) is 158 Å². The maximum Gasteiger partial charge on any atom is 0.279 e. The van der Waals surface area contributed by atoms with Crippen molar-refractivity contribution in [3.05, 3.63) is 166 Å². The van der Waals surface area contributed by atoms with E-state index in [9.17, 15) is 9.59 Å². The van der Waals surface area contributed by atoms with Crippen molar-refractivity contribution in [2.45, 2.75) is 12.2 Å². The van der Waals surface area contributed by atoms with E-state index in [0.29, 0.717) is 33.2 Å². The highest BCUT2D eigenvalue weighted by Gasteiger charge is 2.26. The maximum absolute atomic E-state index is 13.1. The number of furan rings is 2. The molecule has 2 atom stereocenters. The predicted molar refractivity (Wildman–Crippen MR) is 261 cm³/mol. The van der Waals surface area contributed by atoms with Gasteiger partial charge >= 0.3 is 0 Å². The summed E-state index contributed by atoms with van der Waals surface area (Å²) in [5.74, 6) is 3.57. The largest absolute Gasteiger partial charge is 0.495 e. The number of hydrogen-bond acceptors (Lipinski definition) is 13. The topological polar surface area (TPSA) is 164 Å². The number of ketones is 1. The van der Waals surface area contributed by atoms with E-state index < -0.39 is 12.2 Å². The van der Waals surface area contributed by atoms with Crippen molar-refractivity contribution < 1.29 is 51.7 Å². The van der Waals surface area contributed by atoms with Crippen LogP contribution in [0.2, 0.25) is 0 Å². The Bertz CT molecular complexity index is 2780. The van der Waals surface area contributed by atoms with E-state index in [4.69, 9.17) is 42.1 Å². The van der Waals surface area contributed by atoms with Gasteiger partial charge in [0.25, 0.3) is 5.91 Å². The summed E-state index contributed by atoms with van der Waals surface area (Å²) in [4.78, 5) is 30.1. The van der Waals surface area contributed by atoms with E-state index in [1.807, 2.05) is 109 Å². The summed E-state index contributed by atoms with van der Waals surface area (Å²) < 4.78 is 48.3. The number of hydroxylamine groups is 2. The highest BCUT2D eigenvalue weighted by molar-refractivity contribution is 9.11. The second kappa shape index (κ2) is 24.2. The Kier molecular flexibility index (Phi) is 17.9. The number of methoxy groups -OCH3 is 6. The normalized spacial score (nSPS) is 11.6. The molecule has 4 aromatic carbocycles. The molecular weight excluding hydrogens is 1010 g/mol. The molecule has 68 heavy (non-hydrogen) atoms. The fourth-order valence-electron chi connectivity index (χ4n) is 6.70. The number of benzene rings is 4. The highest BCUT2D eigenvalue weighted by Crippen LogP contribution is 2.41. The molecule has 0 N–H and O–H groups in total. The zero-order valence-electron chi connectivity index (χ0n) is 38.4. The molecule has 354 valence electrons. The number of halogens is 2. The van der Waals surface area contributed by atoms with Crippen molar-refractivity contribution in [3.8, 4) is 57.0 Å². The predicted octanol–water partition coefficient (Wildman–Crippen LogP) is 10.8. The molecule has 4 aromatic heterocycles. The zero-order chi connectivity index (χ0) is 48.7. The van der Waals surface area contributed by atoms with Crippen LogP contribution in [0.1, 0.15) is 33.9 Å². The monoisotopic (exact) mass is 1050 g/mol. The van der Waals surface area contributed by atoms with Crippen LogP contribution in [0.3, 0.4) is 0 Å². The van der Waals surface area contributed by atoms with Crippen LogP contribution in [0.4, 0.5) is 0 Å². The fourth-order valence-corrected chi connectivity index (χ4v) is 7.80. The summed E-state index contributed by atoms with van der Waals surface area (Å²) in [6.07, 6.45) is 7.28. The Morgan fingerprint density at radius 2 is 1.04 bits per heavy atom. The van der Waals surface area contributed by atoms with Crippen LogP contribution in [0.25, 0.3) is 34.0 Å². The first-order valence-electron chi connectivity index (χ1n) is 20.6. The lowest BCUT2D eigenvalue weighted by Crippen LogP contribution is -2.31. The van der Waals surface area contributed by atoms with E-state index in [0.717, 1.165) is 48.9 Å². The second-order valence-electron chi connectivity index (χ2n) is 14.2. The summed E-state index contributed by atoms with van der Waals surface area (Å²) in [5.41, 5.74) is 4.93. The first-order valence-corrected chi connectivity index (χ1v) is 22.2. The van der Waals surface area contributed by atoms with Crippen LogP contribution in [0.5, 0.6) is 23.0 Å². The Morgan fingerprint density at radius 3 is 1.43 bits per heavy atom. The average molecular weight is 1060 g/mol. The standard InChI is InChI=1S/C24H21BrN2O5.C14H17N3O3.C12H11BrO3/c1-29-20-13-16(14-21(30-2)22(20)25)18-9-10-19(32-18)23(28)24(31-3)15-5-7-17(8-6-15)27-12-4-11-26-27;1-16(20-3)14(18)13(19-2)11-5-7-12(8-6-11)17-10-4-9-15-17;1-14-10-6-8(9-4-3-5-16-9)7-11(15-2)12(10)13/h4-14,24H,1-3H3;4-10,13H,1-3H3;3-7H,1-2H3. The van der Waals surface area contributed by atoms with Crippen LogP contribution in [0, 0.1) is 0 Å². The lowest BCUT2D eigenvalue weighted by molar-refractivity contribution is -0.179. The molecule has 8 rings (SSSR count). The van der Waals surface area contributed by atoms with E-state index in [1.54, 1.807) is 75.6 Å². The molecule has 0 radical (unpaired) electrons. The van der Waals surface area contributed by atoms with Gasteiger partial charge in [0.15, 0.2) is 11.9 Å². The molecule has 18 heteroatoms. The molecule has 1 amide bonds. The molecule has 0 aliphatic heterocycles. The molecule has 0 aliphatic rings. The number of amides is 1. The molecule has 0 fully saturated rings. The minimum Gasteiger partial charge on any atom is -0.495 e. The fraction of sp³-hybridized carbons (Fsp3) is 0.200. The number of likely N-dealkylation sites (N-methyl/N-ethyl adjacent to an activating group) is 1. The van der Waals surface area contributed by atoms with Crippen molar-refractivity contribution in [2.24, 2.45) is 0 Å². The third-order valence-electron chi connectivity index (χ3n) is 10.3. The Hall–Kier alpha value is -6.96. The van der Waals surface area contributed by atoms with E-state index >= 15 is 0 Å². The molecule has 0 saturated heterocycles. The number of carbonyl (C=O) groups excluding carboxylic acids is 2. The van der Waals surface area contributed by atoms with Crippen molar-refractivity contribution in [3.63, 3.8) is 0 Å². The number of hydrogen-bond donors (Lipinski definition) is 0. The SMILES string of the molecule is COC(C(=O)N(C)OC)c1ccc(-n2cccn2)cc1.COc1cc(-c2ccc(C(=O)C(OC)c3ccc(-n4cccn4)cc3)o2)cc(OC)c1Br.COc1cc(-c2ccco2)cc(OC)c1Br. The molecule has 0 bridgehead atoms. The highest BCUT2D eigenvalue weighted by atomic mass is 79.9. The lowest BCUT2D eigenvalue weighted by atomic mass is 10.0. The quantitative estimate of drug-likeness (QED) is 0.0664. The molecule has 16 nitrogen and oxygen atoms in total. The Labute approximate surface area is 410 Å². The minimum atomic E-state index is -0.797. The van der Waals surface area contributed by atoms with E-state index in [2.05, 4.69) is 42.1 Å². The zero-order valence-corrected chi connectivity index (χ0v) is 41.6. The third-order valence-corrected chi connectivity index (χ3v) is 11.8. The van der Waals surface area contributed by atoms with Gasteiger partial charge < -0.3 is 37.3 Å². The Balaban J connectivity index is 0.000000181. The maximum atomic E-state index is 13.1. The van der Waals surface area contributed by atoms with Crippen LogP contribution < -0.4 is 18.9 Å². The molecule has 0 saturated carbocycles. The number of rotatable bonds is 16. The molecule has 2 unspecified atom stereocenters. The first kappa shape index (κ1) is 50.5. The van der Waals surface area contributed by atoms with Gasteiger partial charge in [0, 0.05) is 57.2 Å². The molecule has 0 aliphatic carbocycles. The van der Waals surface area contributed by atoms with Crippen LogP contribution in [-0.4, -0.2) is 93.1 Å². The van der Waals surface area contributed by atoms with Gasteiger partial charge in [0.05, 0.1) is 53.2 Å². The van der Waals surface area contributed by atoms with Gasteiger partial charge in [-0.25, -0.2) is 14.4 Å². The lowest BCUT2D eigenvalue weighted by Gasteiger charge is -2.21. The average Bonchev–Trinajstić information content (AvgIpc) is 4.25. The van der Waals surface area contributed by atoms with Crippen LogP contribution in [-0.2, 0) is 19.1 Å². The molecule has 4 heterocycles. The van der Waals surface area contributed by atoms with Crippen LogP contribution >= 0.6 is 31.9 Å². The summed E-state index contributed by atoms with van der Waals surface area (Å²) in [5, 5.41) is 9.50. The molecule has 0 spiro atoms.